The van der Waals surface area contributed by atoms with Crippen LogP contribution in [0.3, 0.4) is 0 Å². The maximum absolute atomic E-state index is 15.7. The van der Waals surface area contributed by atoms with Crippen molar-refractivity contribution in [3.8, 4) is 11.4 Å². The number of cyclic esters (lactones) is 1. The third-order valence-corrected chi connectivity index (χ3v) is 21.6. The van der Waals surface area contributed by atoms with Gasteiger partial charge in [-0.1, -0.05) is 59.7 Å². The molecule has 33 nitrogen and oxygen atoms in total. The van der Waals surface area contributed by atoms with E-state index in [9.17, 15) is 71.4 Å². The van der Waals surface area contributed by atoms with E-state index in [1.807, 2.05) is 6.92 Å². The number of aliphatic carboxylic acids is 2. The van der Waals surface area contributed by atoms with Gasteiger partial charge in [-0.2, -0.15) is 0 Å². The molecule has 11 N–H and O–H groups in total. The summed E-state index contributed by atoms with van der Waals surface area (Å²) in [6, 6.07) is 13.3. The number of rotatable bonds is 37. The summed E-state index contributed by atoms with van der Waals surface area (Å²) in [6.45, 7) is 14.9. The number of benzene rings is 4. The van der Waals surface area contributed by atoms with Gasteiger partial charge in [-0.05, 0) is 147 Å². The number of fused-ring (bicyclic) bond motifs is 5. The molecule has 6 aromatic rings. The molecule has 0 radical (unpaired) electrons. The molecule has 2 aromatic heterocycles. The minimum absolute atomic E-state index is 0.0145. The highest BCUT2D eigenvalue weighted by Crippen LogP contribution is 2.48. The van der Waals surface area contributed by atoms with Gasteiger partial charge in [-0.3, -0.25) is 38.4 Å². The van der Waals surface area contributed by atoms with Crippen molar-refractivity contribution in [3.05, 3.63) is 140 Å². The van der Waals surface area contributed by atoms with E-state index in [1.165, 1.54) is 78.9 Å². The van der Waals surface area contributed by atoms with Crippen LogP contribution in [0.15, 0.2) is 94.6 Å². The Kier molecular flexibility index (Phi) is 28.3. The first-order valence-corrected chi connectivity index (χ1v) is 39.2. The van der Waals surface area contributed by atoms with Crippen LogP contribution in [0.25, 0.3) is 22.3 Å². The third-order valence-electron chi connectivity index (χ3n) is 20.2. The normalized spacial score (nSPS) is 16.8. The Labute approximate surface area is 651 Å². The molecule has 1 aliphatic carbocycles. The molecule has 0 bridgehead atoms. The van der Waals surface area contributed by atoms with E-state index in [2.05, 4.69) is 66.0 Å². The molecular weight excluding hydrogens is 1490 g/mol. The molecule has 4 aliphatic rings. The van der Waals surface area contributed by atoms with Crippen LogP contribution >= 0.6 is 0 Å². The number of carboxylic acids is 2. The van der Waals surface area contributed by atoms with Crippen LogP contribution in [0.5, 0.6) is 0 Å². The van der Waals surface area contributed by atoms with Crippen LogP contribution < -0.4 is 52.8 Å². The maximum atomic E-state index is 15.7. The van der Waals surface area contributed by atoms with Gasteiger partial charge in [0.1, 0.15) is 30.5 Å². The molecule has 10 rings (SSSR count). The summed E-state index contributed by atoms with van der Waals surface area (Å²) in [5.74, 6) is -8.04. The smallest absolute Gasteiger partial charge is 0.355 e. The Morgan fingerprint density at radius 2 is 1.37 bits per heavy atom. The van der Waals surface area contributed by atoms with Crippen molar-refractivity contribution in [2.24, 2.45) is 5.92 Å². The molecule has 3 aliphatic heterocycles. The number of pyridine rings is 2. The number of anilines is 4. The monoisotopic (exact) mass is 1590 g/mol. The van der Waals surface area contributed by atoms with Gasteiger partial charge in [0.25, 0.3) is 15.6 Å². The van der Waals surface area contributed by atoms with E-state index in [0.717, 1.165) is 46.5 Å². The quantitative estimate of drug-likeness (QED) is 0.0133. The fourth-order valence-corrected chi connectivity index (χ4v) is 15.6. The second-order valence-electron chi connectivity index (χ2n) is 28.0. The number of ether oxygens (including phenoxy) is 5. The van der Waals surface area contributed by atoms with Gasteiger partial charge in [0.2, 0.25) is 23.3 Å². The number of hydrogen-bond donors (Lipinski definition) is 11. The lowest BCUT2D eigenvalue weighted by atomic mass is 9.81. The summed E-state index contributed by atoms with van der Waals surface area (Å²) in [6.07, 6.45) is 0.662. The standard InChI is InChI=1S/C78H96FN13O20S/c1-8-27-80-75(103)84-49-16-13-18-51(37-49)113(106,107)89-50-17-12-15-46(36-50)57(40-64(94)95)87-77(105)83-48-22-20-47(21-23-48)82-76(104)81-28-31-109-33-35-110-34-32-108-30-26-63(93)85-59(41-65(96)97)72(100)91-29-14-19-61(91)70(98)88-68(44(5)6)73(101)112-78(9-2)55-38-62-69-53(42-92(62)71(99)54(55)43-111-74(78)102)67-60(90(10-3)11-4)25-24-52-45(7)56(79)39-58(86-69)66(52)67/h12-13,15-18,20-23,36-39,44,57,59-61,68,89H,8-11,14,19,24-35,40-43H2,1-7H3,(H,85,93)(H,88,98)(H,94,95)(H,96,97)(H2,80,84,103)(H2,81,82,104)(H2,83,87,105)/t57-,59+,60+,61+,68+,78+/m1/s1. The van der Waals surface area contributed by atoms with Crippen molar-refractivity contribution >= 4 is 103 Å². The summed E-state index contributed by atoms with van der Waals surface area (Å²) < 4.78 is 74.9. The number of halogens is 1. The topological polar surface area (TPSA) is 441 Å². The second kappa shape index (κ2) is 37.9. The summed E-state index contributed by atoms with van der Waals surface area (Å²) >= 11 is 0. The molecular formula is C78H96FN13O20S. The zero-order valence-electron chi connectivity index (χ0n) is 63.9. The zero-order valence-corrected chi connectivity index (χ0v) is 64.7. The van der Waals surface area contributed by atoms with Crippen LogP contribution in [-0.2, 0) is 92.4 Å². The van der Waals surface area contributed by atoms with Gasteiger partial charge >= 0.3 is 42.0 Å². The Morgan fingerprint density at radius 3 is 2.04 bits per heavy atom. The van der Waals surface area contributed by atoms with Gasteiger partial charge in [0.05, 0.1) is 92.4 Å². The lowest BCUT2D eigenvalue weighted by Gasteiger charge is -2.37. The Hall–Kier alpha value is -11.1. The van der Waals surface area contributed by atoms with Crippen LogP contribution in [-0.4, -0.2) is 188 Å². The lowest BCUT2D eigenvalue weighted by molar-refractivity contribution is -0.191. The van der Waals surface area contributed by atoms with Crippen molar-refractivity contribution in [1.29, 1.82) is 0 Å². The number of amides is 9. The van der Waals surface area contributed by atoms with E-state index in [0.29, 0.717) is 54.0 Å². The van der Waals surface area contributed by atoms with Crippen molar-refractivity contribution < 1.29 is 94.7 Å². The zero-order chi connectivity index (χ0) is 81.4. The third kappa shape index (κ3) is 20.2. The minimum atomic E-state index is -4.19. The largest absolute Gasteiger partial charge is 0.481 e. The fraction of sp³-hybridized carbons (Fsp3) is 0.462. The van der Waals surface area contributed by atoms with Crippen LogP contribution in [0, 0.1) is 18.7 Å². The van der Waals surface area contributed by atoms with Crippen LogP contribution in [0.1, 0.15) is 144 Å². The number of carbonyl (C=O) groups excluding carboxylic acids is 8. The highest BCUT2D eigenvalue weighted by atomic mass is 32.2. The summed E-state index contributed by atoms with van der Waals surface area (Å²) in [5.41, 5.74) is 3.23. The van der Waals surface area contributed by atoms with E-state index in [1.54, 1.807) is 38.3 Å². The van der Waals surface area contributed by atoms with Crippen molar-refractivity contribution in [1.82, 2.24) is 45.9 Å². The van der Waals surface area contributed by atoms with Gasteiger partial charge in [-0.25, -0.2) is 41.8 Å². The Balaban J connectivity index is 0.631. The number of aromatic nitrogens is 2. The molecule has 1 fully saturated rings. The number of carbonyl (C=O) groups is 10. The summed E-state index contributed by atoms with van der Waals surface area (Å²) in [5, 5.41) is 41.3. The number of hydrogen-bond acceptors (Lipinski definition) is 20. The number of carboxylic acid groups (broad SMARTS) is 2. The van der Waals surface area contributed by atoms with Gasteiger partial charge < -0.3 is 85.9 Å². The predicted octanol–water partition coefficient (Wildman–Crippen LogP) is 7.43. The molecule has 6 atom stereocenters. The first-order chi connectivity index (χ1) is 54.1. The maximum Gasteiger partial charge on any atom is 0.355 e. The molecule has 113 heavy (non-hydrogen) atoms. The van der Waals surface area contributed by atoms with E-state index < -0.39 is 136 Å². The first kappa shape index (κ1) is 84.3. The van der Waals surface area contributed by atoms with Gasteiger partial charge in [-0.15, -0.1) is 0 Å². The lowest BCUT2D eigenvalue weighted by Crippen LogP contribution is -2.57. The van der Waals surface area contributed by atoms with Crippen LogP contribution in [0.4, 0.5) is 41.5 Å². The number of nitrogens with zero attached hydrogens (tertiary/aromatic N) is 4. The molecule has 0 unspecified atom stereocenters. The van der Waals surface area contributed by atoms with Crippen molar-refractivity contribution in [2.45, 2.75) is 160 Å². The summed E-state index contributed by atoms with van der Waals surface area (Å²) in [7, 11) is -4.19. The highest BCUT2D eigenvalue weighted by Gasteiger charge is 2.52. The molecule has 0 saturated carbocycles. The highest BCUT2D eigenvalue weighted by molar-refractivity contribution is 7.92. The second-order valence-corrected chi connectivity index (χ2v) is 29.7. The van der Waals surface area contributed by atoms with E-state index in [-0.39, 0.29) is 123 Å². The number of aryl methyl sites for hydroxylation is 1. The SMILES string of the molecule is CCCNC(=O)Nc1cccc(S(=O)(=O)Nc2cccc([C@@H](CC(=O)O)NC(=O)Nc3ccc(NC(=O)NCCOCCOCCOCCC(=O)N[C@@H](CC(=O)O)C(=O)N4CCC[C@H]4C(=O)N[C@H](C(=O)O[C@]4(CC)C(=O)OCc5c4cc4n(c5=O)Cc5c-4nc4cc(F)c(C)c6c4c5[C@@H](N(CC)CC)CC6)C(C)C)cc3)c2)c1. The summed E-state index contributed by atoms with van der Waals surface area (Å²) in [4.78, 5) is 156. The average molecular weight is 1590 g/mol. The molecule has 35 heteroatoms. The molecule has 1 saturated heterocycles. The van der Waals surface area contributed by atoms with Gasteiger partial charge in [0.15, 0.2) is 0 Å². The number of urea groups is 3. The molecule has 9 amide bonds. The first-order valence-electron chi connectivity index (χ1n) is 37.7. The number of nitrogens with one attached hydrogen (secondary N) is 9. The molecule has 5 heterocycles. The predicted molar refractivity (Wildman–Crippen MR) is 411 cm³/mol. The van der Waals surface area contributed by atoms with Gasteiger partial charge in [0, 0.05) is 77.4 Å². The molecule has 4 aromatic carbocycles. The van der Waals surface area contributed by atoms with Crippen LogP contribution in [0.2, 0.25) is 0 Å². The van der Waals surface area contributed by atoms with E-state index in [4.69, 9.17) is 28.7 Å². The number of likely N-dealkylation sites (tertiary alicyclic amines) is 1. The number of esters is 2. The van der Waals surface area contributed by atoms with Crippen molar-refractivity contribution in [3.63, 3.8) is 0 Å². The minimum Gasteiger partial charge on any atom is -0.481 e. The van der Waals surface area contributed by atoms with Crippen molar-refractivity contribution in [2.75, 3.05) is 93.0 Å². The van der Waals surface area contributed by atoms with E-state index >= 15 is 4.39 Å². The Morgan fingerprint density at radius 1 is 0.726 bits per heavy atom. The molecule has 0 spiro atoms. The number of sulfonamides is 1. The Bertz CT molecular complexity index is 4770. The fourth-order valence-electron chi connectivity index (χ4n) is 14.5. The average Bonchev–Trinajstić information content (AvgIpc) is 1.59. The molecule has 606 valence electrons.